The van der Waals surface area contributed by atoms with Crippen molar-refractivity contribution in [3.05, 3.63) is 81.3 Å². The molecule has 2 bridgehead atoms. The Balaban J connectivity index is 1.30. The van der Waals surface area contributed by atoms with Crippen molar-refractivity contribution in [3.63, 3.8) is 0 Å². The van der Waals surface area contributed by atoms with Crippen molar-refractivity contribution in [2.45, 2.75) is 46.6 Å². The number of nitrogens with zero attached hydrogens (tertiary/aromatic N) is 4. The van der Waals surface area contributed by atoms with Gasteiger partial charge in [-0.05, 0) is 66.6 Å². The van der Waals surface area contributed by atoms with Gasteiger partial charge in [-0.15, -0.1) is 5.10 Å². The number of hydrogen-bond acceptors (Lipinski definition) is 8. The maximum absolute atomic E-state index is 13.5. The van der Waals surface area contributed by atoms with Gasteiger partial charge >= 0.3 is 0 Å². The fraction of sp³-hybridized carbons (Fsp3) is 0.345. The molecule has 6 rings (SSSR count). The van der Waals surface area contributed by atoms with Gasteiger partial charge in [-0.2, -0.15) is 5.10 Å². The lowest BCUT2D eigenvalue weighted by atomic mass is 9.70. The van der Waals surface area contributed by atoms with Gasteiger partial charge in [0, 0.05) is 34.9 Å². The van der Waals surface area contributed by atoms with E-state index in [4.69, 9.17) is 13.9 Å². The summed E-state index contributed by atoms with van der Waals surface area (Å²) in [5.74, 6) is 1.96. The molecule has 1 saturated heterocycles. The van der Waals surface area contributed by atoms with Gasteiger partial charge < -0.3 is 8.83 Å². The van der Waals surface area contributed by atoms with Crippen LogP contribution in [0.2, 0.25) is 0 Å². The van der Waals surface area contributed by atoms with Gasteiger partial charge in [-0.3, -0.25) is 19.8 Å². The Kier molecular flexibility index (Phi) is 6.10. The van der Waals surface area contributed by atoms with Crippen molar-refractivity contribution in [2.75, 3.05) is 0 Å². The van der Waals surface area contributed by atoms with Crippen molar-refractivity contribution in [3.8, 4) is 11.3 Å². The minimum atomic E-state index is -0.445. The van der Waals surface area contributed by atoms with E-state index in [9.17, 15) is 14.9 Å². The highest BCUT2D eigenvalue weighted by molar-refractivity contribution is 8.18. The number of hydrogen-bond donors (Lipinski definition) is 0. The number of nitro groups is 1. The maximum atomic E-state index is 13.5. The molecule has 9 nitrogen and oxygen atoms in total. The van der Waals surface area contributed by atoms with E-state index in [2.05, 4.69) is 25.9 Å². The number of fused-ring (bicyclic) bond motifs is 2. The molecule has 3 fully saturated rings. The van der Waals surface area contributed by atoms with Crippen LogP contribution in [0.3, 0.4) is 0 Å². The van der Waals surface area contributed by atoms with E-state index in [0.29, 0.717) is 38.8 Å². The first kappa shape index (κ1) is 25.4. The second-order valence-electron chi connectivity index (χ2n) is 11.0. The van der Waals surface area contributed by atoms with E-state index in [1.54, 1.807) is 47.6 Å². The smallest absolute Gasteiger partial charge is 0.270 e. The average molecular weight is 545 g/mol. The highest BCUT2D eigenvalue weighted by atomic mass is 32.2. The molecule has 3 heterocycles. The van der Waals surface area contributed by atoms with Gasteiger partial charge in [0.05, 0.1) is 22.6 Å². The number of benzene rings is 1. The first-order chi connectivity index (χ1) is 18.7. The lowest BCUT2D eigenvalue weighted by molar-refractivity contribution is -0.384. The van der Waals surface area contributed by atoms with E-state index in [1.807, 2.05) is 6.07 Å². The number of carbonyl (C=O) groups is 1. The molecule has 3 aromatic rings. The number of amides is 1. The lowest BCUT2D eigenvalue weighted by Gasteiger charge is -2.34. The minimum Gasteiger partial charge on any atom is -0.467 e. The Morgan fingerprint density at radius 1 is 1.18 bits per heavy atom. The fourth-order valence-electron chi connectivity index (χ4n) is 5.95. The van der Waals surface area contributed by atoms with Crippen molar-refractivity contribution >= 4 is 40.3 Å². The molecule has 39 heavy (non-hydrogen) atoms. The van der Waals surface area contributed by atoms with E-state index >= 15 is 0 Å². The SMILES string of the molecule is CC12CCC(C/C1=N\N=C1\S/C(=C\c3ccc(-c4cccc([N+](=O)[O-])c4)o3)C(=O)N1Cc1ccco1)C2(C)C. The molecular weight excluding hydrogens is 516 g/mol. The number of nitro benzene ring substituents is 1. The molecule has 0 spiro atoms. The zero-order valence-electron chi connectivity index (χ0n) is 21.9. The van der Waals surface area contributed by atoms with E-state index in [-0.39, 0.29) is 29.0 Å². The molecule has 200 valence electrons. The zero-order valence-corrected chi connectivity index (χ0v) is 22.7. The number of thioether (sulfide) groups is 1. The molecule has 2 unspecified atom stereocenters. The predicted octanol–water partition coefficient (Wildman–Crippen LogP) is 7.12. The number of furan rings is 2. The topological polar surface area (TPSA) is 114 Å². The lowest BCUT2D eigenvalue weighted by Crippen LogP contribution is -2.32. The number of rotatable bonds is 6. The summed E-state index contributed by atoms with van der Waals surface area (Å²) in [6.07, 6.45) is 6.50. The van der Waals surface area contributed by atoms with Crippen LogP contribution in [0.25, 0.3) is 17.4 Å². The molecule has 1 amide bonds. The predicted molar refractivity (Wildman–Crippen MR) is 150 cm³/mol. The molecule has 3 aliphatic rings. The van der Waals surface area contributed by atoms with Crippen LogP contribution in [0.1, 0.15) is 51.6 Å². The summed E-state index contributed by atoms with van der Waals surface area (Å²) in [6, 6.07) is 13.3. The van der Waals surface area contributed by atoms with Crippen molar-refractivity contribution in [1.82, 2.24) is 4.90 Å². The highest BCUT2D eigenvalue weighted by Crippen LogP contribution is 2.64. The summed E-state index contributed by atoms with van der Waals surface area (Å²) >= 11 is 1.25. The quantitative estimate of drug-likeness (QED) is 0.185. The summed E-state index contributed by atoms with van der Waals surface area (Å²) in [6.45, 7) is 7.17. The molecule has 10 heteroatoms. The average Bonchev–Trinajstić information content (AvgIpc) is 3.72. The van der Waals surface area contributed by atoms with Crippen molar-refractivity contribution < 1.29 is 18.6 Å². The summed E-state index contributed by atoms with van der Waals surface area (Å²) in [7, 11) is 0. The third kappa shape index (κ3) is 4.32. The Labute approximate surface area is 229 Å². The van der Waals surface area contributed by atoms with Crippen LogP contribution in [0, 0.1) is 26.9 Å². The van der Waals surface area contributed by atoms with Gasteiger partial charge in [-0.25, -0.2) is 0 Å². The Bertz CT molecular complexity index is 1550. The first-order valence-corrected chi connectivity index (χ1v) is 13.7. The van der Waals surface area contributed by atoms with Crippen LogP contribution >= 0.6 is 11.8 Å². The third-order valence-corrected chi connectivity index (χ3v) is 9.79. The molecule has 1 aromatic carbocycles. The van der Waals surface area contributed by atoms with Crippen molar-refractivity contribution in [2.24, 2.45) is 27.0 Å². The summed E-state index contributed by atoms with van der Waals surface area (Å²) in [4.78, 5) is 26.2. The molecule has 2 saturated carbocycles. The van der Waals surface area contributed by atoms with E-state index < -0.39 is 4.92 Å². The molecule has 2 atom stereocenters. The van der Waals surface area contributed by atoms with Gasteiger partial charge in [0.1, 0.15) is 17.3 Å². The Morgan fingerprint density at radius 3 is 2.72 bits per heavy atom. The molecule has 0 N–H and O–H groups in total. The largest absolute Gasteiger partial charge is 0.467 e. The molecule has 2 aliphatic carbocycles. The Morgan fingerprint density at radius 2 is 2.03 bits per heavy atom. The minimum absolute atomic E-state index is 0.0105. The Hall–Kier alpha value is -3.92. The number of amidine groups is 1. The van der Waals surface area contributed by atoms with Gasteiger partial charge in [0.25, 0.3) is 11.6 Å². The number of non-ortho nitro benzene ring substituents is 1. The number of carbonyl (C=O) groups excluding carboxylic acids is 1. The van der Waals surface area contributed by atoms with Crippen LogP contribution in [-0.4, -0.2) is 26.6 Å². The second kappa shape index (κ2) is 9.37. The van der Waals surface area contributed by atoms with Crippen LogP contribution in [0.15, 0.2) is 78.7 Å². The second-order valence-corrected chi connectivity index (χ2v) is 12.0. The monoisotopic (exact) mass is 544 g/mol. The standard InChI is InChI=1S/C29H28N4O5S/c1-28(2)19-11-12-29(28,3)25(15-19)30-31-27-32(17-22-8-5-13-37-22)26(34)24(39-27)16-21-9-10-23(38-21)18-6-4-7-20(14-18)33(35)36/h4-10,13-14,16,19H,11-12,15,17H2,1-3H3/b24-16-,30-25+,31-27+. The van der Waals surface area contributed by atoms with Crippen molar-refractivity contribution in [1.29, 1.82) is 0 Å². The van der Waals surface area contributed by atoms with Crippen LogP contribution in [-0.2, 0) is 11.3 Å². The van der Waals surface area contributed by atoms with E-state index in [1.165, 1.54) is 30.3 Å². The summed E-state index contributed by atoms with van der Waals surface area (Å²) in [5.41, 5.74) is 1.86. The third-order valence-electron chi connectivity index (χ3n) is 8.79. The van der Waals surface area contributed by atoms with Gasteiger partial charge in [0.15, 0.2) is 5.17 Å². The first-order valence-electron chi connectivity index (χ1n) is 12.9. The molecule has 0 radical (unpaired) electrons. The fourth-order valence-corrected chi connectivity index (χ4v) is 6.86. The van der Waals surface area contributed by atoms with Gasteiger partial charge in [0.2, 0.25) is 0 Å². The van der Waals surface area contributed by atoms with Gasteiger partial charge in [-0.1, -0.05) is 32.9 Å². The maximum Gasteiger partial charge on any atom is 0.270 e. The van der Waals surface area contributed by atoms with Crippen LogP contribution in [0.5, 0.6) is 0 Å². The normalized spacial score (nSPS) is 26.9. The molecular formula is C29H28N4O5S. The van der Waals surface area contributed by atoms with Crippen LogP contribution in [0.4, 0.5) is 5.69 Å². The summed E-state index contributed by atoms with van der Waals surface area (Å²) < 4.78 is 11.4. The summed E-state index contributed by atoms with van der Waals surface area (Å²) in [5, 5.41) is 21.0. The zero-order chi connectivity index (χ0) is 27.4. The molecule has 2 aromatic heterocycles. The molecule has 1 aliphatic heterocycles. The van der Waals surface area contributed by atoms with Crippen LogP contribution < -0.4 is 0 Å². The van der Waals surface area contributed by atoms with E-state index in [0.717, 1.165) is 18.6 Å². The highest BCUT2D eigenvalue weighted by Gasteiger charge is 2.60.